The molecule has 1 saturated heterocycles. The van der Waals surface area contributed by atoms with E-state index in [0.717, 1.165) is 6.42 Å². The number of aliphatic hydroxyl groups excluding tert-OH is 1. The second kappa shape index (κ2) is 4.80. The van der Waals surface area contributed by atoms with Crippen molar-refractivity contribution in [1.29, 1.82) is 0 Å². The zero-order valence-corrected chi connectivity index (χ0v) is 9.15. The van der Waals surface area contributed by atoms with Crippen LogP contribution in [0.4, 0.5) is 4.39 Å². The minimum atomic E-state index is -0.822. The van der Waals surface area contributed by atoms with Crippen molar-refractivity contribution in [2.75, 3.05) is 20.3 Å². The molecule has 0 aliphatic carbocycles. The topological polar surface area (TPSA) is 38.7 Å². The van der Waals surface area contributed by atoms with Gasteiger partial charge in [0.05, 0.1) is 19.8 Å². The Kier molecular flexibility index (Phi) is 3.41. The molecule has 0 radical (unpaired) electrons. The number of ether oxygens (including phenoxy) is 2. The van der Waals surface area contributed by atoms with E-state index in [4.69, 9.17) is 9.47 Å². The molecule has 1 N–H and O–H groups in total. The van der Waals surface area contributed by atoms with Crippen LogP contribution in [0.1, 0.15) is 18.1 Å². The van der Waals surface area contributed by atoms with Gasteiger partial charge in [0.25, 0.3) is 0 Å². The number of hydrogen-bond acceptors (Lipinski definition) is 3. The fourth-order valence-corrected chi connectivity index (χ4v) is 1.97. The van der Waals surface area contributed by atoms with Crippen molar-refractivity contribution in [2.45, 2.75) is 12.5 Å². The number of rotatable bonds is 3. The van der Waals surface area contributed by atoms with E-state index in [9.17, 15) is 9.50 Å². The van der Waals surface area contributed by atoms with Crippen LogP contribution in [0.15, 0.2) is 18.2 Å². The highest BCUT2D eigenvalue weighted by Crippen LogP contribution is 2.32. The molecule has 16 heavy (non-hydrogen) atoms. The highest BCUT2D eigenvalue weighted by atomic mass is 19.1. The first-order valence-electron chi connectivity index (χ1n) is 5.32. The summed E-state index contributed by atoms with van der Waals surface area (Å²) in [5.41, 5.74) is 0.287. The Labute approximate surface area is 93.8 Å². The van der Waals surface area contributed by atoms with Crippen LogP contribution in [-0.4, -0.2) is 25.4 Å². The molecule has 4 heteroatoms. The molecular formula is C12H15FO3. The van der Waals surface area contributed by atoms with E-state index >= 15 is 0 Å². The molecule has 1 aromatic carbocycles. The Morgan fingerprint density at radius 2 is 2.38 bits per heavy atom. The Bertz CT molecular complexity index is 361. The molecule has 0 spiro atoms. The molecule has 0 aromatic heterocycles. The second-order valence-corrected chi connectivity index (χ2v) is 3.93. The van der Waals surface area contributed by atoms with Gasteiger partial charge in [-0.15, -0.1) is 0 Å². The molecule has 1 aliphatic rings. The maximum atomic E-state index is 13.9. The van der Waals surface area contributed by atoms with Crippen molar-refractivity contribution in [2.24, 2.45) is 5.92 Å². The Balaban J connectivity index is 2.25. The van der Waals surface area contributed by atoms with Gasteiger partial charge in [-0.05, 0) is 12.5 Å². The van der Waals surface area contributed by atoms with E-state index in [1.807, 2.05) is 0 Å². The van der Waals surface area contributed by atoms with E-state index in [1.165, 1.54) is 13.2 Å². The molecule has 0 amide bonds. The van der Waals surface area contributed by atoms with Gasteiger partial charge in [0.15, 0.2) is 11.6 Å². The van der Waals surface area contributed by atoms with Gasteiger partial charge in [0, 0.05) is 18.1 Å². The lowest BCUT2D eigenvalue weighted by atomic mass is 9.94. The van der Waals surface area contributed by atoms with Crippen LogP contribution in [-0.2, 0) is 4.74 Å². The lowest BCUT2D eigenvalue weighted by Crippen LogP contribution is -2.14. The average Bonchev–Trinajstić information content (AvgIpc) is 2.82. The fourth-order valence-electron chi connectivity index (χ4n) is 1.97. The van der Waals surface area contributed by atoms with Crippen molar-refractivity contribution in [1.82, 2.24) is 0 Å². The number of aliphatic hydroxyl groups is 1. The normalized spacial score (nSPS) is 22.1. The third kappa shape index (κ3) is 2.03. The van der Waals surface area contributed by atoms with Crippen LogP contribution < -0.4 is 4.74 Å². The van der Waals surface area contributed by atoms with Crippen molar-refractivity contribution in [3.8, 4) is 5.75 Å². The second-order valence-electron chi connectivity index (χ2n) is 3.93. The van der Waals surface area contributed by atoms with E-state index in [1.54, 1.807) is 12.1 Å². The average molecular weight is 226 g/mol. The number of halogens is 1. The van der Waals surface area contributed by atoms with Crippen molar-refractivity contribution >= 4 is 0 Å². The zero-order valence-electron chi connectivity index (χ0n) is 9.15. The molecule has 0 saturated carbocycles. The predicted molar refractivity (Wildman–Crippen MR) is 56.8 cm³/mol. The van der Waals surface area contributed by atoms with E-state index in [-0.39, 0.29) is 17.2 Å². The summed E-state index contributed by atoms with van der Waals surface area (Å²) in [6, 6.07) is 4.80. The van der Waals surface area contributed by atoms with Gasteiger partial charge in [-0.25, -0.2) is 4.39 Å². The van der Waals surface area contributed by atoms with E-state index in [0.29, 0.717) is 13.2 Å². The molecule has 1 fully saturated rings. The van der Waals surface area contributed by atoms with Crippen molar-refractivity contribution < 1.29 is 19.0 Å². The molecule has 2 atom stereocenters. The summed E-state index contributed by atoms with van der Waals surface area (Å²) in [7, 11) is 1.41. The van der Waals surface area contributed by atoms with Gasteiger partial charge in [0.2, 0.25) is 0 Å². The number of benzene rings is 1. The number of hydrogen-bond donors (Lipinski definition) is 1. The summed E-state index contributed by atoms with van der Waals surface area (Å²) >= 11 is 0. The first-order valence-corrected chi connectivity index (χ1v) is 5.32. The summed E-state index contributed by atoms with van der Waals surface area (Å²) < 4.78 is 23.9. The molecule has 3 nitrogen and oxygen atoms in total. The molecule has 1 aliphatic heterocycles. The first-order chi connectivity index (χ1) is 7.74. The van der Waals surface area contributed by atoms with E-state index < -0.39 is 11.9 Å². The lowest BCUT2D eigenvalue weighted by molar-refractivity contribution is 0.0885. The van der Waals surface area contributed by atoms with Gasteiger partial charge in [-0.1, -0.05) is 12.1 Å². The van der Waals surface area contributed by atoms with Gasteiger partial charge in [0.1, 0.15) is 0 Å². The molecule has 0 bridgehead atoms. The Morgan fingerprint density at radius 3 is 3.00 bits per heavy atom. The monoisotopic (exact) mass is 226 g/mol. The van der Waals surface area contributed by atoms with Crippen LogP contribution in [0.25, 0.3) is 0 Å². The van der Waals surface area contributed by atoms with Crippen LogP contribution in [0.3, 0.4) is 0 Å². The summed E-state index contributed by atoms with van der Waals surface area (Å²) in [6.07, 6.45) is -0.0599. The maximum absolute atomic E-state index is 13.9. The molecule has 1 aromatic rings. The lowest BCUT2D eigenvalue weighted by Gasteiger charge is -2.18. The summed E-state index contributed by atoms with van der Waals surface area (Å²) in [5, 5.41) is 10.0. The molecule has 88 valence electrons. The zero-order chi connectivity index (χ0) is 11.5. The van der Waals surface area contributed by atoms with Crippen molar-refractivity contribution in [3.05, 3.63) is 29.6 Å². The standard InChI is InChI=1S/C12H15FO3/c1-15-10-4-2-3-9(11(10)13)12(14)8-5-6-16-7-8/h2-4,8,12,14H,5-7H2,1H3. The third-order valence-corrected chi connectivity index (χ3v) is 2.94. The minimum absolute atomic E-state index is 0.0263. The molecular weight excluding hydrogens is 211 g/mol. The van der Waals surface area contributed by atoms with Crippen LogP contribution in [0, 0.1) is 11.7 Å². The van der Waals surface area contributed by atoms with Crippen LogP contribution >= 0.6 is 0 Å². The van der Waals surface area contributed by atoms with Gasteiger partial charge >= 0.3 is 0 Å². The highest BCUT2D eigenvalue weighted by Gasteiger charge is 2.28. The fraction of sp³-hybridized carbons (Fsp3) is 0.500. The minimum Gasteiger partial charge on any atom is -0.494 e. The smallest absolute Gasteiger partial charge is 0.170 e. The summed E-state index contributed by atoms with van der Waals surface area (Å²) in [4.78, 5) is 0. The Hall–Kier alpha value is -1.13. The van der Waals surface area contributed by atoms with Crippen LogP contribution in [0.2, 0.25) is 0 Å². The highest BCUT2D eigenvalue weighted by molar-refractivity contribution is 5.32. The molecule has 2 rings (SSSR count). The maximum Gasteiger partial charge on any atom is 0.170 e. The largest absolute Gasteiger partial charge is 0.494 e. The summed E-state index contributed by atoms with van der Waals surface area (Å²) in [5.74, 6) is -0.346. The summed E-state index contributed by atoms with van der Waals surface area (Å²) in [6.45, 7) is 1.12. The third-order valence-electron chi connectivity index (χ3n) is 2.94. The van der Waals surface area contributed by atoms with Crippen molar-refractivity contribution in [3.63, 3.8) is 0 Å². The van der Waals surface area contributed by atoms with Gasteiger partial charge in [-0.3, -0.25) is 0 Å². The Morgan fingerprint density at radius 1 is 1.56 bits per heavy atom. The molecule has 1 heterocycles. The predicted octanol–water partition coefficient (Wildman–Crippen LogP) is 1.90. The van der Waals surface area contributed by atoms with Crippen LogP contribution in [0.5, 0.6) is 5.75 Å². The van der Waals surface area contributed by atoms with Gasteiger partial charge in [-0.2, -0.15) is 0 Å². The molecule has 2 unspecified atom stereocenters. The quantitative estimate of drug-likeness (QED) is 0.855. The first kappa shape index (κ1) is 11.4. The SMILES string of the molecule is COc1cccc(C(O)C2CCOC2)c1F. The van der Waals surface area contributed by atoms with Gasteiger partial charge < -0.3 is 14.6 Å². The number of methoxy groups -OCH3 is 1. The van der Waals surface area contributed by atoms with E-state index in [2.05, 4.69) is 0 Å².